The Morgan fingerprint density at radius 3 is 2.86 bits per heavy atom. The number of ether oxygens (including phenoxy) is 2. The van der Waals surface area contributed by atoms with Crippen molar-refractivity contribution >= 4 is 29.6 Å². The molecular formula is C21H22ClN3O4. The molecule has 1 saturated heterocycles. The van der Waals surface area contributed by atoms with Gasteiger partial charge < -0.3 is 14.8 Å². The van der Waals surface area contributed by atoms with E-state index in [2.05, 4.69) is 15.8 Å². The highest BCUT2D eigenvalue weighted by Gasteiger charge is 2.18. The van der Waals surface area contributed by atoms with Crippen molar-refractivity contribution in [2.45, 2.75) is 25.6 Å². The van der Waals surface area contributed by atoms with Gasteiger partial charge in [-0.2, -0.15) is 5.10 Å². The lowest BCUT2D eigenvalue weighted by molar-refractivity contribution is -0.139. The van der Waals surface area contributed by atoms with Gasteiger partial charge in [-0.15, -0.1) is 0 Å². The largest absolute Gasteiger partial charge is 0.489 e. The highest BCUT2D eigenvalue weighted by atomic mass is 35.5. The summed E-state index contributed by atoms with van der Waals surface area (Å²) in [5.41, 5.74) is 3.80. The van der Waals surface area contributed by atoms with Gasteiger partial charge in [0.05, 0.1) is 12.3 Å². The van der Waals surface area contributed by atoms with E-state index in [4.69, 9.17) is 21.1 Å². The smallest absolute Gasteiger partial charge is 0.329 e. The van der Waals surface area contributed by atoms with Gasteiger partial charge in [-0.05, 0) is 36.6 Å². The number of halogens is 1. The predicted octanol–water partition coefficient (Wildman–Crippen LogP) is 2.66. The van der Waals surface area contributed by atoms with E-state index < -0.39 is 11.8 Å². The van der Waals surface area contributed by atoms with E-state index in [0.29, 0.717) is 36.1 Å². The molecule has 2 N–H and O–H groups in total. The number of nitrogens with one attached hydrogen (secondary N) is 2. The second-order valence-electron chi connectivity index (χ2n) is 6.50. The minimum absolute atomic E-state index is 0.0243. The molecular weight excluding hydrogens is 394 g/mol. The van der Waals surface area contributed by atoms with Crippen LogP contribution in [0, 0.1) is 0 Å². The van der Waals surface area contributed by atoms with Crippen LogP contribution in [-0.2, 0) is 20.9 Å². The van der Waals surface area contributed by atoms with E-state index in [9.17, 15) is 9.59 Å². The van der Waals surface area contributed by atoms with Gasteiger partial charge >= 0.3 is 11.8 Å². The van der Waals surface area contributed by atoms with Crippen LogP contribution in [0.2, 0.25) is 5.02 Å². The number of hydrogen-bond donors (Lipinski definition) is 2. The van der Waals surface area contributed by atoms with Crippen LogP contribution < -0.4 is 15.5 Å². The van der Waals surface area contributed by atoms with E-state index in [1.807, 2.05) is 30.3 Å². The number of benzene rings is 2. The summed E-state index contributed by atoms with van der Waals surface area (Å²) in [7, 11) is 0. The molecule has 0 aromatic heterocycles. The average Bonchev–Trinajstić information content (AvgIpc) is 3.25. The summed E-state index contributed by atoms with van der Waals surface area (Å²) < 4.78 is 11.1. The maximum Gasteiger partial charge on any atom is 0.329 e. The lowest BCUT2D eigenvalue weighted by atomic mass is 10.2. The SMILES string of the molecule is O=C(NCC1CCCO1)C(=O)N/N=C/c1cccc(OCc2ccccc2Cl)c1. The standard InChI is InChI=1S/C21H22ClN3O4/c22-19-9-2-1-6-16(19)14-29-17-7-3-5-15(11-17)12-24-25-21(27)20(26)23-13-18-8-4-10-28-18/h1-3,5-7,9,11-12,18H,4,8,10,13-14H2,(H,23,26)(H,25,27)/b24-12+. The number of rotatable bonds is 7. The van der Waals surface area contributed by atoms with Gasteiger partial charge in [0.1, 0.15) is 12.4 Å². The quantitative estimate of drug-likeness (QED) is 0.413. The minimum atomic E-state index is -0.828. The zero-order chi connectivity index (χ0) is 20.5. The summed E-state index contributed by atoms with van der Waals surface area (Å²) in [6, 6.07) is 14.6. The number of carbonyl (C=O) groups excluding carboxylic acids is 2. The third-order valence-corrected chi connectivity index (χ3v) is 4.68. The molecule has 3 rings (SSSR count). The van der Waals surface area contributed by atoms with Gasteiger partial charge in [0.2, 0.25) is 0 Å². The lowest BCUT2D eigenvalue weighted by Crippen LogP contribution is -2.41. The maximum atomic E-state index is 11.8. The fourth-order valence-corrected chi connectivity index (χ4v) is 2.96. The topological polar surface area (TPSA) is 89.0 Å². The maximum absolute atomic E-state index is 11.8. The van der Waals surface area contributed by atoms with Crippen molar-refractivity contribution < 1.29 is 19.1 Å². The van der Waals surface area contributed by atoms with Crippen molar-refractivity contribution in [2.24, 2.45) is 5.10 Å². The van der Waals surface area contributed by atoms with Crippen LogP contribution in [0.25, 0.3) is 0 Å². The Morgan fingerprint density at radius 1 is 1.21 bits per heavy atom. The monoisotopic (exact) mass is 415 g/mol. The molecule has 2 amide bonds. The molecule has 0 bridgehead atoms. The molecule has 1 atom stereocenters. The first-order chi connectivity index (χ1) is 14.1. The third kappa shape index (κ3) is 6.58. The highest BCUT2D eigenvalue weighted by Crippen LogP contribution is 2.19. The Bertz CT molecular complexity index is 882. The zero-order valence-electron chi connectivity index (χ0n) is 15.8. The Morgan fingerprint density at radius 2 is 2.07 bits per heavy atom. The molecule has 1 heterocycles. The molecule has 1 aliphatic rings. The van der Waals surface area contributed by atoms with E-state index in [1.54, 1.807) is 18.2 Å². The summed E-state index contributed by atoms with van der Waals surface area (Å²) >= 11 is 6.12. The van der Waals surface area contributed by atoms with Crippen molar-refractivity contribution in [3.63, 3.8) is 0 Å². The van der Waals surface area contributed by atoms with Crippen molar-refractivity contribution in [1.82, 2.24) is 10.7 Å². The lowest BCUT2D eigenvalue weighted by Gasteiger charge is -2.09. The van der Waals surface area contributed by atoms with Gasteiger partial charge in [-0.3, -0.25) is 9.59 Å². The highest BCUT2D eigenvalue weighted by molar-refractivity contribution is 6.35. The molecule has 8 heteroatoms. The van der Waals surface area contributed by atoms with Crippen LogP contribution >= 0.6 is 11.6 Å². The molecule has 2 aromatic carbocycles. The van der Waals surface area contributed by atoms with Crippen LogP contribution in [0.4, 0.5) is 0 Å². The first-order valence-electron chi connectivity index (χ1n) is 9.31. The van der Waals surface area contributed by atoms with Crippen molar-refractivity contribution in [1.29, 1.82) is 0 Å². The van der Waals surface area contributed by atoms with Crippen LogP contribution in [0.1, 0.15) is 24.0 Å². The molecule has 152 valence electrons. The summed E-state index contributed by atoms with van der Waals surface area (Å²) in [5, 5.41) is 7.01. The van der Waals surface area contributed by atoms with Crippen LogP contribution in [0.15, 0.2) is 53.6 Å². The number of carbonyl (C=O) groups is 2. The third-order valence-electron chi connectivity index (χ3n) is 4.31. The molecule has 1 fully saturated rings. The first kappa shape index (κ1) is 20.8. The average molecular weight is 416 g/mol. The Labute approximate surface area is 174 Å². The molecule has 1 aliphatic heterocycles. The fourth-order valence-electron chi connectivity index (χ4n) is 2.77. The van der Waals surface area contributed by atoms with Crippen molar-refractivity contribution in [3.05, 3.63) is 64.7 Å². The van der Waals surface area contributed by atoms with E-state index in [-0.39, 0.29) is 6.10 Å². The summed E-state index contributed by atoms with van der Waals surface area (Å²) in [6.07, 6.45) is 3.27. The Hall–Kier alpha value is -2.90. The molecule has 0 aliphatic carbocycles. The van der Waals surface area contributed by atoms with Gasteiger partial charge in [0.15, 0.2) is 0 Å². The summed E-state index contributed by atoms with van der Waals surface area (Å²) in [4.78, 5) is 23.5. The van der Waals surface area contributed by atoms with E-state index in [1.165, 1.54) is 6.21 Å². The molecule has 0 radical (unpaired) electrons. The number of amides is 2. The number of hydrazone groups is 1. The Balaban J connectivity index is 1.46. The number of nitrogens with zero attached hydrogens (tertiary/aromatic N) is 1. The van der Waals surface area contributed by atoms with E-state index >= 15 is 0 Å². The second-order valence-corrected chi connectivity index (χ2v) is 6.90. The molecule has 1 unspecified atom stereocenters. The van der Waals surface area contributed by atoms with Gasteiger partial charge in [-0.25, -0.2) is 5.43 Å². The molecule has 2 aromatic rings. The van der Waals surface area contributed by atoms with Crippen LogP contribution in [-0.4, -0.2) is 37.3 Å². The van der Waals surface area contributed by atoms with Crippen LogP contribution in [0.3, 0.4) is 0 Å². The number of hydrogen-bond acceptors (Lipinski definition) is 5. The van der Waals surface area contributed by atoms with Crippen molar-refractivity contribution in [3.8, 4) is 5.75 Å². The van der Waals surface area contributed by atoms with Crippen molar-refractivity contribution in [2.75, 3.05) is 13.2 Å². The van der Waals surface area contributed by atoms with Crippen LogP contribution in [0.5, 0.6) is 5.75 Å². The van der Waals surface area contributed by atoms with Gasteiger partial charge in [-0.1, -0.05) is 41.9 Å². The fraction of sp³-hybridized carbons (Fsp3) is 0.286. The van der Waals surface area contributed by atoms with Gasteiger partial charge in [0, 0.05) is 23.7 Å². The minimum Gasteiger partial charge on any atom is -0.489 e. The summed E-state index contributed by atoms with van der Waals surface area (Å²) in [5.74, 6) is -0.936. The Kier molecular flexibility index (Phi) is 7.61. The predicted molar refractivity (Wildman–Crippen MR) is 110 cm³/mol. The molecule has 0 saturated carbocycles. The molecule has 7 nitrogen and oxygen atoms in total. The normalized spacial score (nSPS) is 16.0. The van der Waals surface area contributed by atoms with E-state index in [0.717, 1.165) is 18.4 Å². The second kappa shape index (κ2) is 10.6. The molecule has 29 heavy (non-hydrogen) atoms. The van der Waals surface area contributed by atoms with Gasteiger partial charge in [0.25, 0.3) is 0 Å². The first-order valence-corrected chi connectivity index (χ1v) is 9.69. The zero-order valence-corrected chi connectivity index (χ0v) is 16.5. The summed E-state index contributed by atoms with van der Waals surface area (Å²) in [6.45, 7) is 1.35. The molecule has 0 spiro atoms.